The molecule has 88 valence electrons. The summed E-state index contributed by atoms with van der Waals surface area (Å²) < 4.78 is 1.55. The molecule has 1 heterocycles. The molecular weight excluding hydrogens is 206 g/mol. The van der Waals surface area contributed by atoms with E-state index in [1.807, 2.05) is 6.92 Å². The second kappa shape index (κ2) is 4.25. The van der Waals surface area contributed by atoms with E-state index >= 15 is 0 Å². The van der Waals surface area contributed by atoms with Crippen molar-refractivity contribution in [3.63, 3.8) is 0 Å². The summed E-state index contributed by atoms with van der Waals surface area (Å²) in [5.74, 6) is 0.205. The third-order valence-electron chi connectivity index (χ3n) is 2.87. The molecular formula is C11H17N3O2. The molecule has 1 saturated carbocycles. The van der Waals surface area contributed by atoms with Crippen LogP contribution in [0.1, 0.15) is 29.0 Å². The number of aliphatic hydroxyl groups is 1. The number of carbonyl (C=O) groups excluding carboxylic acids is 1. The van der Waals surface area contributed by atoms with Gasteiger partial charge in [0, 0.05) is 13.6 Å². The lowest BCUT2D eigenvalue weighted by Crippen LogP contribution is -2.34. The van der Waals surface area contributed by atoms with Crippen LogP contribution in [0.25, 0.3) is 0 Å². The van der Waals surface area contributed by atoms with Crippen LogP contribution in [0.15, 0.2) is 6.07 Å². The molecule has 0 radical (unpaired) electrons. The van der Waals surface area contributed by atoms with Gasteiger partial charge < -0.3 is 10.4 Å². The van der Waals surface area contributed by atoms with Crippen molar-refractivity contribution < 1.29 is 9.90 Å². The number of nitrogens with one attached hydrogen (secondary N) is 1. The van der Waals surface area contributed by atoms with Crippen molar-refractivity contribution in [1.29, 1.82) is 0 Å². The van der Waals surface area contributed by atoms with Crippen molar-refractivity contribution in [3.8, 4) is 0 Å². The summed E-state index contributed by atoms with van der Waals surface area (Å²) in [6, 6.07) is 1.73. The van der Waals surface area contributed by atoms with Gasteiger partial charge in [-0.05, 0) is 31.7 Å². The number of aromatic nitrogens is 2. The van der Waals surface area contributed by atoms with Crippen molar-refractivity contribution in [1.82, 2.24) is 15.1 Å². The minimum absolute atomic E-state index is 0.178. The Balaban J connectivity index is 1.89. The quantitative estimate of drug-likeness (QED) is 0.767. The van der Waals surface area contributed by atoms with Crippen LogP contribution in [0.4, 0.5) is 0 Å². The third kappa shape index (κ3) is 2.41. The molecule has 5 heteroatoms. The Hall–Kier alpha value is -1.36. The SMILES string of the molecule is Cc1cc(C(=O)NCC(O)C2CC2)n(C)n1. The second-order valence-corrected chi connectivity index (χ2v) is 4.41. The molecule has 2 rings (SSSR count). The number of nitrogens with zero attached hydrogens (tertiary/aromatic N) is 2. The molecule has 1 aromatic heterocycles. The van der Waals surface area contributed by atoms with Gasteiger partial charge in [0.1, 0.15) is 5.69 Å². The first kappa shape index (κ1) is 11.1. The summed E-state index contributed by atoms with van der Waals surface area (Å²) in [7, 11) is 1.74. The van der Waals surface area contributed by atoms with Crippen molar-refractivity contribution in [2.75, 3.05) is 6.54 Å². The maximum absolute atomic E-state index is 11.7. The average molecular weight is 223 g/mol. The number of aryl methyl sites for hydroxylation is 2. The topological polar surface area (TPSA) is 67.2 Å². The van der Waals surface area contributed by atoms with Gasteiger partial charge in [0.15, 0.2) is 0 Å². The van der Waals surface area contributed by atoms with Crippen LogP contribution in [0.3, 0.4) is 0 Å². The minimum atomic E-state index is -0.404. The fourth-order valence-corrected chi connectivity index (χ4v) is 1.76. The van der Waals surface area contributed by atoms with Gasteiger partial charge in [-0.15, -0.1) is 0 Å². The molecule has 1 aromatic rings. The highest BCUT2D eigenvalue weighted by atomic mass is 16.3. The molecule has 1 unspecified atom stereocenters. The van der Waals surface area contributed by atoms with Gasteiger partial charge in [0.05, 0.1) is 11.8 Å². The summed E-state index contributed by atoms with van der Waals surface area (Å²) in [5.41, 5.74) is 1.34. The van der Waals surface area contributed by atoms with Crippen molar-refractivity contribution in [2.45, 2.75) is 25.9 Å². The maximum Gasteiger partial charge on any atom is 0.269 e. The molecule has 2 N–H and O–H groups in total. The highest BCUT2D eigenvalue weighted by molar-refractivity contribution is 5.92. The lowest BCUT2D eigenvalue weighted by molar-refractivity contribution is 0.0892. The van der Waals surface area contributed by atoms with Crippen molar-refractivity contribution in [2.24, 2.45) is 13.0 Å². The number of carbonyl (C=O) groups is 1. The van der Waals surface area contributed by atoms with Gasteiger partial charge in [-0.1, -0.05) is 0 Å². The van der Waals surface area contributed by atoms with Crippen LogP contribution in [0.2, 0.25) is 0 Å². The van der Waals surface area contributed by atoms with Crippen LogP contribution in [0.5, 0.6) is 0 Å². The van der Waals surface area contributed by atoms with E-state index in [4.69, 9.17) is 0 Å². The van der Waals surface area contributed by atoms with Gasteiger partial charge >= 0.3 is 0 Å². The molecule has 0 bridgehead atoms. The zero-order chi connectivity index (χ0) is 11.7. The van der Waals surface area contributed by atoms with Gasteiger partial charge in [-0.3, -0.25) is 9.48 Å². The first-order valence-electron chi connectivity index (χ1n) is 5.55. The molecule has 0 aromatic carbocycles. The highest BCUT2D eigenvalue weighted by Gasteiger charge is 2.29. The molecule has 16 heavy (non-hydrogen) atoms. The van der Waals surface area contributed by atoms with E-state index in [1.165, 1.54) is 0 Å². The average Bonchev–Trinajstić information content (AvgIpc) is 3.01. The summed E-state index contributed by atoms with van der Waals surface area (Å²) in [6.07, 6.45) is 1.74. The number of hydrogen-bond donors (Lipinski definition) is 2. The van der Waals surface area contributed by atoms with Gasteiger partial charge in [-0.25, -0.2) is 0 Å². The zero-order valence-electron chi connectivity index (χ0n) is 9.60. The number of hydrogen-bond acceptors (Lipinski definition) is 3. The number of aliphatic hydroxyl groups excluding tert-OH is 1. The fraction of sp³-hybridized carbons (Fsp3) is 0.636. The standard InChI is InChI=1S/C11H17N3O2/c1-7-5-9(14(2)13-7)11(16)12-6-10(15)8-3-4-8/h5,8,10,15H,3-4,6H2,1-2H3,(H,12,16). The Morgan fingerprint density at radius 2 is 2.44 bits per heavy atom. The minimum Gasteiger partial charge on any atom is -0.391 e. The predicted molar refractivity (Wildman–Crippen MR) is 59.0 cm³/mol. The Kier molecular flexibility index (Phi) is 2.96. The lowest BCUT2D eigenvalue weighted by atomic mass is 10.2. The molecule has 0 spiro atoms. The Morgan fingerprint density at radius 3 is 2.94 bits per heavy atom. The van der Waals surface area contributed by atoms with Gasteiger partial charge in [0.2, 0.25) is 0 Å². The van der Waals surface area contributed by atoms with E-state index in [9.17, 15) is 9.90 Å². The van der Waals surface area contributed by atoms with Crippen LogP contribution < -0.4 is 5.32 Å². The van der Waals surface area contributed by atoms with E-state index in [1.54, 1.807) is 17.8 Å². The summed E-state index contributed by atoms with van der Waals surface area (Å²) in [5, 5.41) is 16.4. The molecule has 1 atom stereocenters. The van der Waals surface area contributed by atoms with Crippen molar-refractivity contribution in [3.05, 3.63) is 17.5 Å². The van der Waals surface area contributed by atoms with E-state index in [2.05, 4.69) is 10.4 Å². The summed E-state index contributed by atoms with van der Waals surface area (Å²) in [4.78, 5) is 11.7. The van der Waals surface area contributed by atoms with Crippen LogP contribution in [-0.2, 0) is 7.05 Å². The van der Waals surface area contributed by atoms with Gasteiger partial charge in [-0.2, -0.15) is 5.10 Å². The third-order valence-corrected chi connectivity index (χ3v) is 2.87. The van der Waals surface area contributed by atoms with E-state index in [0.717, 1.165) is 18.5 Å². The molecule has 1 amide bonds. The van der Waals surface area contributed by atoms with Crippen LogP contribution >= 0.6 is 0 Å². The molecule has 5 nitrogen and oxygen atoms in total. The number of amides is 1. The second-order valence-electron chi connectivity index (χ2n) is 4.41. The normalized spacial score (nSPS) is 17.2. The number of rotatable bonds is 4. The zero-order valence-corrected chi connectivity index (χ0v) is 9.60. The van der Waals surface area contributed by atoms with E-state index in [0.29, 0.717) is 18.2 Å². The van der Waals surface area contributed by atoms with Gasteiger partial charge in [0.25, 0.3) is 5.91 Å². The first-order chi connectivity index (χ1) is 7.58. The predicted octanol–water partition coefficient (Wildman–Crippen LogP) is 0.229. The monoisotopic (exact) mass is 223 g/mol. The highest BCUT2D eigenvalue weighted by Crippen LogP contribution is 2.32. The van der Waals surface area contributed by atoms with Crippen molar-refractivity contribution >= 4 is 5.91 Å². The molecule has 1 aliphatic rings. The Labute approximate surface area is 94.5 Å². The van der Waals surface area contributed by atoms with Crippen LogP contribution in [-0.4, -0.2) is 33.4 Å². The Bertz CT molecular complexity index is 396. The molecule has 1 fully saturated rings. The lowest BCUT2D eigenvalue weighted by Gasteiger charge is -2.10. The molecule has 1 aliphatic carbocycles. The summed E-state index contributed by atoms with van der Waals surface area (Å²) >= 11 is 0. The first-order valence-corrected chi connectivity index (χ1v) is 5.55. The maximum atomic E-state index is 11.7. The smallest absolute Gasteiger partial charge is 0.269 e. The molecule has 0 aliphatic heterocycles. The molecule has 0 saturated heterocycles. The van der Waals surface area contributed by atoms with E-state index in [-0.39, 0.29) is 5.91 Å². The fourth-order valence-electron chi connectivity index (χ4n) is 1.76. The van der Waals surface area contributed by atoms with Crippen LogP contribution in [0, 0.1) is 12.8 Å². The Morgan fingerprint density at radius 1 is 1.75 bits per heavy atom. The largest absolute Gasteiger partial charge is 0.391 e. The van der Waals surface area contributed by atoms with E-state index < -0.39 is 6.10 Å². The summed E-state index contributed by atoms with van der Waals surface area (Å²) in [6.45, 7) is 2.17.